The summed E-state index contributed by atoms with van der Waals surface area (Å²) in [6.07, 6.45) is 2.80. The molecule has 1 fully saturated rings. The number of carbonyl (C=O) groups is 1. The fourth-order valence-electron chi connectivity index (χ4n) is 2.11. The molecule has 0 spiro atoms. The maximum absolute atomic E-state index is 13.9. The summed E-state index contributed by atoms with van der Waals surface area (Å²) in [4.78, 5) is 15.3. The average molecular weight is 261 g/mol. The summed E-state index contributed by atoms with van der Waals surface area (Å²) in [5.41, 5.74) is 5.56. The molecule has 98 valence electrons. The minimum absolute atomic E-state index is 0.290. The van der Waals surface area contributed by atoms with E-state index in [9.17, 15) is 9.18 Å². The summed E-state index contributed by atoms with van der Waals surface area (Å²) in [6.45, 7) is 1.58. The van der Waals surface area contributed by atoms with Crippen molar-refractivity contribution in [1.29, 1.82) is 0 Å². The molecule has 0 aliphatic heterocycles. The fraction of sp³-hybridized carbons (Fsp3) is 0.308. The molecule has 2 aromatic rings. The van der Waals surface area contributed by atoms with Crippen LogP contribution < -0.4 is 5.73 Å². The zero-order valence-corrected chi connectivity index (χ0v) is 10.3. The van der Waals surface area contributed by atoms with E-state index in [1.807, 2.05) is 0 Å². The third-order valence-corrected chi connectivity index (χ3v) is 3.54. The zero-order chi connectivity index (χ0) is 13.6. The Morgan fingerprint density at radius 3 is 2.89 bits per heavy atom. The third kappa shape index (κ3) is 1.71. The monoisotopic (exact) mass is 261 g/mol. The number of amides is 1. The molecule has 0 atom stereocenters. The second-order valence-corrected chi connectivity index (χ2v) is 4.78. The second kappa shape index (κ2) is 3.88. The summed E-state index contributed by atoms with van der Waals surface area (Å²) >= 11 is 0. The number of nitrogens with two attached hydrogens (primary N) is 1. The van der Waals surface area contributed by atoms with Gasteiger partial charge in [-0.2, -0.15) is 0 Å². The zero-order valence-electron chi connectivity index (χ0n) is 10.3. The molecule has 0 unspecified atom stereocenters. The Labute approximate surface area is 108 Å². The predicted molar refractivity (Wildman–Crippen MR) is 64.5 cm³/mol. The van der Waals surface area contributed by atoms with Crippen molar-refractivity contribution >= 4 is 5.91 Å². The van der Waals surface area contributed by atoms with E-state index in [-0.39, 0.29) is 5.69 Å². The number of primary amides is 1. The minimum Gasteiger partial charge on any atom is -0.369 e. The van der Waals surface area contributed by atoms with Gasteiger partial charge in [0.1, 0.15) is 11.1 Å². The number of rotatable bonds is 3. The molecule has 2 heterocycles. The molecule has 5 nitrogen and oxygen atoms in total. The lowest BCUT2D eigenvalue weighted by Crippen LogP contribution is -2.27. The van der Waals surface area contributed by atoms with Gasteiger partial charge >= 0.3 is 0 Å². The van der Waals surface area contributed by atoms with Gasteiger partial charge in [-0.15, -0.1) is 0 Å². The molecule has 0 saturated heterocycles. The van der Waals surface area contributed by atoms with Gasteiger partial charge in [0, 0.05) is 17.8 Å². The number of aromatic nitrogens is 2. The number of aryl methyl sites for hydroxylation is 1. The highest BCUT2D eigenvalue weighted by Gasteiger charge is 2.53. The molecule has 19 heavy (non-hydrogen) atoms. The molecule has 1 amide bonds. The van der Waals surface area contributed by atoms with Crippen LogP contribution in [0.4, 0.5) is 4.39 Å². The van der Waals surface area contributed by atoms with E-state index in [0.29, 0.717) is 29.9 Å². The molecule has 6 heteroatoms. The van der Waals surface area contributed by atoms with Crippen molar-refractivity contribution in [3.63, 3.8) is 0 Å². The summed E-state index contributed by atoms with van der Waals surface area (Å²) in [5.74, 6) is -0.461. The van der Waals surface area contributed by atoms with Crippen LogP contribution in [0.1, 0.15) is 24.3 Å². The van der Waals surface area contributed by atoms with Gasteiger partial charge < -0.3 is 10.3 Å². The normalized spacial score (nSPS) is 16.3. The van der Waals surface area contributed by atoms with Crippen molar-refractivity contribution < 1.29 is 13.7 Å². The molecule has 2 aromatic heterocycles. The van der Waals surface area contributed by atoms with Crippen molar-refractivity contribution in [2.75, 3.05) is 0 Å². The van der Waals surface area contributed by atoms with Gasteiger partial charge in [-0.05, 0) is 25.8 Å². The average Bonchev–Trinajstić information content (AvgIpc) is 3.06. The van der Waals surface area contributed by atoms with E-state index in [0.717, 1.165) is 0 Å². The number of nitrogens with zero attached hydrogens (tertiary/aromatic N) is 2. The topological polar surface area (TPSA) is 82.0 Å². The lowest BCUT2D eigenvalue weighted by atomic mass is 10.0. The van der Waals surface area contributed by atoms with Crippen LogP contribution in [0.3, 0.4) is 0 Å². The Morgan fingerprint density at radius 2 is 2.26 bits per heavy atom. The lowest BCUT2D eigenvalue weighted by molar-refractivity contribution is -0.120. The van der Waals surface area contributed by atoms with Gasteiger partial charge in [0.2, 0.25) is 5.91 Å². The van der Waals surface area contributed by atoms with Gasteiger partial charge in [-0.1, -0.05) is 5.16 Å². The second-order valence-electron chi connectivity index (χ2n) is 4.78. The van der Waals surface area contributed by atoms with Crippen molar-refractivity contribution in [3.05, 3.63) is 35.6 Å². The molecule has 0 aromatic carbocycles. The third-order valence-electron chi connectivity index (χ3n) is 3.54. The maximum atomic E-state index is 13.9. The standard InChI is InChI=1S/C13H12FN3O2/c1-7-11(14)8(2-5-16-7)9-6-10(19-17-9)13(3-4-13)12(15)18/h2,5-6H,3-4H2,1H3,(H2,15,18). The van der Waals surface area contributed by atoms with E-state index in [1.54, 1.807) is 13.0 Å². The van der Waals surface area contributed by atoms with Crippen LogP contribution in [-0.4, -0.2) is 16.0 Å². The van der Waals surface area contributed by atoms with Gasteiger partial charge in [0.05, 0.1) is 5.69 Å². The SMILES string of the molecule is Cc1nccc(-c2cc(C3(C(N)=O)CC3)on2)c1F. The Hall–Kier alpha value is -2.24. The van der Waals surface area contributed by atoms with Crippen LogP contribution in [0.2, 0.25) is 0 Å². The molecule has 1 aliphatic rings. The van der Waals surface area contributed by atoms with Crippen molar-refractivity contribution in [1.82, 2.24) is 10.1 Å². The van der Waals surface area contributed by atoms with Crippen LogP contribution in [0, 0.1) is 12.7 Å². The summed E-state index contributed by atoms with van der Waals surface area (Å²) in [6, 6.07) is 3.10. The van der Waals surface area contributed by atoms with Crippen LogP contribution >= 0.6 is 0 Å². The van der Waals surface area contributed by atoms with Crippen LogP contribution in [0.15, 0.2) is 22.9 Å². The van der Waals surface area contributed by atoms with Crippen LogP contribution in [0.5, 0.6) is 0 Å². The highest BCUT2D eigenvalue weighted by atomic mass is 19.1. The quantitative estimate of drug-likeness (QED) is 0.911. The molecule has 0 bridgehead atoms. The molecule has 3 rings (SSSR count). The Morgan fingerprint density at radius 1 is 1.53 bits per heavy atom. The number of hydrogen-bond donors (Lipinski definition) is 1. The molecule has 1 saturated carbocycles. The van der Waals surface area contributed by atoms with Crippen molar-refractivity contribution in [2.24, 2.45) is 5.73 Å². The fourth-order valence-corrected chi connectivity index (χ4v) is 2.11. The Bertz CT molecular complexity index is 662. The number of pyridine rings is 1. The largest absolute Gasteiger partial charge is 0.369 e. The van der Waals surface area contributed by atoms with Gasteiger partial charge in [0.15, 0.2) is 11.6 Å². The van der Waals surface area contributed by atoms with Crippen LogP contribution in [0.25, 0.3) is 11.3 Å². The number of carbonyl (C=O) groups excluding carboxylic acids is 1. The Kier molecular flexibility index (Phi) is 2.41. The van der Waals surface area contributed by atoms with Crippen molar-refractivity contribution in [3.8, 4) is 11.3 Å². The maximum Gasteiger partial charge on any atom is 0.231 e. The summed E-state index contributed by atoms with van der Waals surface area (Å²) in [7, 11) is 0. The number of halogens is 1. The predicted octanol–water partition coefficient (Wildman–Crippen LogP) is 1.70. The van der Waals surface area contributed by atoms with E-state index in [2.05, 4.69) is 10.1 Å². The lowest BCUT2D eigenvalue weighted by Gasteiger charge is -2.03. The smallest absolute Gasteiger partial charge is 0.231 e. The van der Waals surface area contributed by atoms with Gasteiger partial charge in [-0.3, -0.25) is 9.78 Å². The van der Waals surface area contributed by atoms with Crippen LogP contribution in [-0.2, 0) is 10.2 Å². The highest BCUT2D eigenvalue weighted by Crippen LogP contribution is 2.48. The van der Waals surface area contributed by atoms with Crippen molar-refractivity contribution in [2.45, 2.75) is 25.2 Å². The first-order valence-electron chi connectivity index (χ1n) is 5.93. The molecular weight excluding hydrogens is 249 g/mol. The summed E-state index contributed by atoms with van der Waals surface area (Å²) < 4.78 is 19.1. The molecular formula is C13H12FN3O2. The van der Waals surface area contributed by atoms with E-state index in [1.165, 1.54) is 12.3 Å². The van der Waals surface area contributed by atoms with Gasteiger partial charge in [-0.25, -0.2) is 4.39 Å². The highest BCUT2D eigenvalue weighted by molar-refractivity contribution is 5.89. The first-order valence-corrected chi connectivity index (χ1v) is 5.93. The molecule has 0 radical (unpaired) electrons. The summed E-state index contributed by atoms with van der Waals surface area (Å²) in [5, 5.41) is 3.83. The minimum atomic E-state index is -0.746. The Balaban J connectivity index is 2.03. The van der Waals surface area contributed by atoms with Gasteiger partial charge in [0.25, 0.3) is 0 Å². The van der Waals surface area contributed by atoms with E-state index >= 15 is 0 Å². The molecule has 1 aliphatic carbocycles. The molecule has 2 N–H and O–H groups in total. The number of hydrogen-bond acceptors (Lipinski definition) is 4. The first-order chi connectivity index (χ1) is 9.04. The van der Waals surface area contributed by atoms with E-state index in [4.69, 9.17) is 10.3 Å². The first kappa shape index (κ1) is 11.8. The van der Waals surface area contributed by atoms with E-state index < -0.39 is 17.1 Å².